The van der Waals surface area contributed by atoms with Crippen LogP contribution in [0.15, 0.2) is 0 Å². The van der Waals surface area contributed by atoms with E-state index in [-0.39, 0.29) is 0 Å². The Morgan fingerprint density at radius 3 is 0.336 bits per heavy atom. The first-order chi connectivity index (χ1) is 55.7. The summed E-state index contributed by atoms with van der Waals surface area (Å²) in [6, 6.07) is 0. The summed E-state index contributed by atoms with van der Waals surface area (Å²) in [6.45, 7) is -9.08. The largest absolute Gasteiger partial charge is 0.397 e. The average Bonchev–Trinajstić information content (AvgIpc) is 0.798. The van der Waals surface area contributed by atoms with Crippen molar-refractivity contribution in [1.82, 2.24) is 0 Å². The number of hydrogen-bond donors (Lipinski definition) is 7. The smallest absolute Gasteiger partial charge is 0.376 e. The Labute approximate surface area is 683 Å². The van der Waals surface area contributed by atoms with Crippen LogP contribution in [0.3, 0.4) is 0 Å². The van der Waals surface area contributed by atoms with E-state index in [9.17, 15) is 90.8 Å². The standard InChI is InChI=1S/C56H98O56S7/c1-78-36-29-22(15-92-113(57,58)59)99-50(43(36)85-8)107-30-23(16-93-114(60,61)62)101-52(45(87-10)37(30)79-2)109-32-25(18-95-116(66,67)68)103-54(47(89-12)39(32)81-4)111-34-27(20-97-118(72,73)74)105-56(49(91-14)41(34)83-6)112-35-28(21-98-119(75,76)77)104-55(48(90-13)42(35)84-7)110-33-26(19-96-117(69,70)71)102-53(46(88-11)40(33)82-5)108-31-24(17-94-115(63,64)65)100-51(106-29)44(86-9)38(31)80-3/h22-56H,15-21H2,1-14H3,(H,57,58,59)(H,60,61,62)(H,63,64,65)(H,66,67,68)(H,69,70,71)(H,72,73,74)(H,75,76,77)/t22-,23-,24-,25-,26+,27+,28+,29+,30+,31+,32+,33+,34+,35+,36+,37+,38+,39-,40-,41-,42+,43-,44-,45-,46+,47+,48+,49+,50+,51+,52+,53?,54+,55+,56+/m0/s1. The van der Waals surface area contributed by atoms with Crippen molar-refractivity contribution in [2.24, 2.45) is 0 Å². The summed E-state index contributed by atoms with van der Waals surface area (Å²) in [7, 11) is -23.9. The fourth-order valence-electron chi connectivity index (χ4n) is 14.8. The normalized spacial score (nSPS) is 41.0. The molecular weight excluding hydrogens is 1790 g/mol. The molecule has 21 aliphatic heterocycles. The van der Waals surface area contributed by atoms with E-state index in [2.05, 4.69) is 0 Å². The highest BCUT2D eigenvalue weighted by Gasteiger charge is 2.63. The fourth-order valence-corrected chi connectivity index (χ4v) is 16.9. The van der Waals surface area contributed by atoms with E-state index in [1.165, 1.54) is 0 Å². The molecule has 119 heavy (non-hydrogen) atoms. The van der Waals surface area contributed by atoms with E-state index < -0.39 is 334 Å². The molecule has 0 aliphatic carbocycles. The van der Waals surface area contributed by atoms with Crippen LogP contribution in [0.1, 0.15) is 0 Å². The zero-order valence-electron chi connectivity index (χ0n) is 65.1. The topological polar surface area (TPSA) is 704 Å². The molecule has 0 amide bonds. The first kappa shape index (κ1) is 102. The molecule has 0 saturated carbocycles. The maximum Gasteiger partial charge on any atom is 0.397 e. The average molecular weight is 1890 g/mol. The summed E-state index contributed by atoms with van der Waals surface area (Å²) in [5.74, 6) is 0. The van der Waals surface area contributed by atoms with Crippen LogP contribution in [0.2, 0.25) is 0 Å². The Balaban J connectivity index is 1.35. The molecule has 21 heterocycles. The van der Waals surface area contributed by atoms with Gasteiger partial charge >= 0.3 is 72.8 Å². The quantitative estimate of drug-likeness (QED) is 0.0290. The predicted molar refractivity (Wildman–Crippen MR) is 368 cm³/mol. The summed E-state index contributed by atoms with van der Waals surface area (Å²) >= 11 is 0. The third-order valence-corrected chi connectivity index (χ3v) is 22.7. The third kappa shape index (κ3) is 27.1. The van der Waals surface area contributed by atoms with Gasteiger partial charge < -0.3 is 133 Å². The second-order valence-corrected chi connectivity index (χ2v) is 33.9. The minimum absolute atomic E-state index is 1.04. The molecule has 63 heteroatoms. The van der Waals surface area contributed by atoms with Gasteiger partial charge in [-0.15, -0.1) is 0 Å². The monoisotopic (exact) mass is 1890 g/mol. The Kier molecular flexibility index (Phi) is 37.7. The van der Waals surface area contributed by atoms with Gasteiger partial charge in [0.15, 0.2) is 44.0 Å². The van der Waals surface area contributed by atoms with Gasteiger partial charge in [0, 0.05) is 99.5 Å². The molecule has 0 aromatic rings. The Bertz CT molecular complexity index is 3280. The first-order valence-electron chi connectivity index (χ1n) is 34.6. The molecule has 21 aliphatic rings. The minimum Gasteiger partial charge on any atom is -0.376 e. The fraction of sp³-hybridized carbons (Fsp3) is 1.00. The molecule has 700 valence electrons. The maximum absolute atomic E-state index is 12.5. The van der Waals surface area contributed by atoms with Gasteiger partial charge in [-0.05, 0) is 0 Å². The van der Waals surface area contributed by atoms with Crippen molar-refractivity contribution in [2.75, 3.05) is 146 Å². The van der Waals surface area contributed by atoms with Gasteiger partial charge in [0.05, 0.1) is 46.2 Å². The van der Waals surface area contributed by atoms with Crippen molar-refractivity contribution < 1.29 is 253 Å². The third-order valence-electron chi connectivity index (χ3n) is 19.7. The lowest BCUT2D eigenvalue weighted by atomic mass is 9.94. The van der Waals surface area contributed by atoms with Gasteiger partial charge in [-0.25, -0.2) is 29.3 Å². The molecule has 0 aromatic heterocycles. The van der Waals surface area contributed by atoms with E-state index in [0.29, 0.717) is 0 Å². The molecule has 0 radical (unpaired) electrons. The molecule has 56 nitrogen and oxygen atoms in total. The van der Waals surface area contributed by atoms with Crippen molar-refractivity contribution in [3.05, 3.63) is 0 Å². The van der Waals surface area contributed by atoms with Crippen LogP contribution < -0.4 is 0 Å². The molecule has 1 unspecified atom stereocenters. The van der Waals surface area contributed by atoms with Gasteiger partial charge in [-0.2, -0.15) is 58.9 Å². The SMILES string of the molecule is CO[C@@H]1[C@@H](OC)[C@H]2O[C@H]3[C@H](OC)[C@@H](OC)[C@@H](O[C@H]4[C@@H](OC)[C@@H](OC)[C@@H](O[C@H]5[C@H](OC)[C@@H](OC)C(O[C@H]6[C@@H](OC)[C@H](OC)[C@@H](O[C@H]7[C@@H](OC)[C@H](OC)[C@@H](O[C@H]8[C@@H](OC)[C@H](OC)[C@@H](O[C@@H]1[C@H](COS(=O)(=O)O)O2)O[C@H]8COS(=O)(=O)O)O[C@H]7COS(=O)(=O)O)O[C@H]6COS(=O)(=O)O)O[C@@H]5COS(=O)(=O)O)O[C@@H]4COS(=O)(=O)O)O[C@@H]3COS(=O)(=O)O. The van der Waals surface area contributed by atoms with Crippen LogP contribution in [0.4, 0.5) is 0 Å². The predicted octanol–water partition coefficient (Wildman–Crippen LogP) is -7.28. The number of rotatable bonds is 35. The van der Waals surface area contributed by atoms with E-state index in [4.69, 9.17) is 162 Å². The number of methoxy groups -OCH3 is 14. The van der Waals surface area contributed by atoms with Crippen LogP contribution in [0.25, 0.3) is 0 Å². The summed E-state index contributed by atoms with van der Waals surface area (Å²) in [4.78, 5) is 0. The van der Waals surface area contributed by atoms with E-state index >= 15 is 0 Å². The molecule has 21 rings (SSSR count). The molecule has 0 spiro atoms. The van der Waals surface area contributed by atoms with Crippen molar-refractivity contribution in [1.29, 1.82) is 0 Å². The minimum atomic E-state index is -5.50. The van der Waals surface area contributed by atoms with Crippen molar-refractivity contribution in [3.63, 3.8) is 0 Å². The number of hydrogen-bond acceptors (Lipinski definition) is 49. The lowest BCUT2D eigenvalue weighted by molar-refractivity contribution is -0.401. The highest BCUT2D eigenvalue weighted by atomic mass is 32.3. The highest BCUT2D eigenvalue weighted by molar-refractivity contribution is 7.82. The lowest BCUT2D eigenvalue weighted by Gasteiger charge is -2.52. The Hall–Kier alpha value is -2.03. The van der Waals surface area contributed by atoms with Crippen molar-refractivity contribution in [3.8, 4) is 0 Å². The first-order valence-corrected chi connectivity index (χ1v) is 44.2. The summed E-state index contributed by atoms with van der Waals surface area (Å²) in [6.07, 6.45) is -66.4. The number of ether oxygens (including phenoxy) is 28. The summed E-state index contributed by atoms with van der Waals surface area (Å²) < 4.78 is 453. The molecule has 21 saturated heterocycles. The molecule has 0 aromatic carbocycles. The van der Waals surface area contributed by atoms with Crippen LogP contribution in [0.5, 0.6) is 0 Å². The summed E-state index contributed by atoms with van der Waals surface area (Å²) in [5, 5.41) is 0. The molecule has 7 N–H and O–H groups in total. The van der Waals surface area contributed by atoms with Crippen LogP contribution >= 0.6 is 0 Å². The van der Waals surface area contributed by atoms with Gasteiger partial charge in [-0.1, -0.05) is 0 Å². The molecular formula is C56H98O56S7. The molecule has 14 bridgehead atoms. The zero-order valence-corrected chi connectivity index (χ0v) is 70.9. The lowest BCUT2D eigenvalue weighted by Crippen LogP contribution is -2.69. The summed E-state index contributed by atoms with van der Waals surface area (Å²) in [5.41, 5.74) is 0. The maximum atomic E-state index is 12.5. The van der Waals surface area contributed by atoms with Gasteiger partial charge in [0.25, 0.3) is 0 Å². The van der Waals surface area contributed by atoms with Crippen LogP contribution in [0, 0.1) is 0 Å². The van der Waals surface area contributed by atoms with E-state index in [1.54, 1.807) is 0 Å². The van der Waals surface area contributed by atoms with E-state index in [1.807, 2.05) is 0 Å². The Morgan fingerprint density at radius 2 is 0.261 bits per heavy atom. The van der Waals surface area contributed by atoms with E-state index in [0.717, 1.165) is 99.5 Å². The zero-order chi connectivity index (χ0) is 88.4. The molecule has 35 atom stereocenters. The van der Waals surface area contributed by atoms with Crippen molar-refractivity contribution in [2.45, 2.75) is 215 Å². The van der Waals surface area contributed by atoms with Crippen LogP contribution in [-0.4, -0.2) is 452 Å². The van der Waals surface area contributed by atoms with Crippen molar-refractivity contribution >= 4 is 72.8 Å². The van der Waals surface area contributed by atoms with Gasteiger partial charge in [-0.3, -0.25) is 31.9 Å². The molecule has 21 fully saturated rings. The highest BCUT2D eigenvalue weighted by Crippen LogP contribution is 2.44. The van der Waals surface area contributed by atoms with Crippen LogP contribution in [-0.2, 0) is 235 Å². The Morgan fingerprint density at radius 1 is 0.168 bits per heavy atom. The second-order valence-electron chi connectivity index (χ2n) is 26.3. The van der Waals surface area contributed by atoms with Gasteiger partial charge in [0.2, 0.25) is 0 Å². The van der Waals surface area contributed by atoms with Gasteiger partial charge in [0.1, 0.15) is 171 Å². The second kappa shape index (κ2) is 43.9.